The highest BCUT2D eigenvalue weighted by Gasteiger charge is 2.26. The molecule has 2 unspecified atom stereocenters. The summed E-state index contributed by atoms with van der Waals surface area (Å²) >= 11 is 0. The molecule has 2 heterocycles. The van der Waals surface area contributed by atoms with Crippen LogP contribution in [-0.2, 0) is 11.8 Å². The van der Waals surface area contributed by atoms with Gasteiger partial charge in [0.1, 0.15) is 0 Å². The van der Waals surface area contributed by atoms with E-state index in [0.717, 1.165) is 18.7 Å². The minimum absolute atomic E-state index is 0.00222. The Labute approximate surface area is 107 Å². The first-order valence-electron chi connectivity index (χ1n) is 6.33. The molecule has 3 N–H and O–H groups in total. The van der Waals surface area contributed by atoms with Crippen molar-refractivity contribution in [3.63, 3.8) is 0 Å². The van der Waals surface area contributed by atoms with E-state index in [0.29, 0.717) is 13.0 Å². The normalized spacial score (nSPS) is 21.2. The van der Waals surface area contributed by atoms with Crippen molar-refractivity contribution < 1.29 is 4.79 Å². The number of nitrogens with zero attached hydrogens (tertiary/aromatic N) is 3. The Hall–Kier alpha value is -1.40. The lowest BCUT2D eigenvalue weighted by Crippen LogP contribution is -2.41. The van der Waals surface area contributed by atoms with Gasteiger partial charge in [-0.3, -0.25) is 14.4 Å². The van der Waals surface area contributed by atoms with Crippen molar-refractivity contribution in [1.82, 2.24) is 20.0 Å². The van der Waals surface area contributed by atoms with Gasteiger partial charge in [0.15, 0.2) is 0 Å². The lowest BCUT2D eigenvalue weighted by molar-refractivity contribution is -0.120. The topological polar surface area (TPSA) is 76.2 Å². The van der Waals surface area contributed by atoms with Gasteiger partial charge in [-0.25, -0.2) is 0 Å². The van der Waals surface area contributed by atoms with Crippen LogP contribution in [0.1, 0.15) is 24.9 Å². The minimum atomic E-state index is 0.00222. The van der Waals surface area contributed by atoms with Gasteiger partial charge in [0, 0.05) is 50.9 Å². The second-order valence-corrected chi connectivity index (χ2v) is 4.89. The van der Waals surface area contributed by atoms with Gasteiger partial charge in [-0.1, -0.05) is 0 Å². The van der Waals surface area contributed by atoms with Crippen LogP contribution in [0.25, 0.3) is 0 Å². The van der Waals surface area contributed by atoms with Gasteiger partial charge in [-0.2, -0.15) is 5.10 Å². The molecular weight excluding hydrogens is 230 g/mol. The van der Waals surface area contributed by atoms with Gasteiger partial charge in [-0.15, -0.1) is 0 Å². The summed E-state index contributed by atoms with van der Waals surface area (Å²) in [6, 6.07) is 0.119. The van der Waals surface area contributed by atoms with Crippen molar-refractivity contribution in [1.29, 1.82) is 0 Å². The molecule has 1 aromatic heterocycles. The van der Waals surface area contributed by atoms with Crippen molar-refractivity contribution in [2.24, 2.45) is 12.8 Å². The molecule has 0 aliphatic carbocycles. The third-order valence-corrected chi connectivity index (χ3v) is 3.31. The SMILES string of the molecule is CC(N)C(c1cnn(C)c1)N1CCNC(=O)CC1. The van der Waals surface area contributed by atoms with Gasteiger partial charge in [0.25, 0.3) is 0 Å². The molecule has 1 fully saturated rings. The molecule has 0 aromatic carbocycles. The van der Waals surface area contributed by atoms with Crippen LogP contribution in [0.2, 0.25) is 0 Å². The molecule has 100 valence electrons. The number of hydrogen-bond donors (Lipinski definition) is 2. The molecule has 1 aromatic rings. The third kappa shape index (κ3) is 2.88. The van der Waals surface area contributed by atoms with E-state index >= 15 is 0 Å². The van der Waals surface area contributed by atoms with Gasteiger partial charge < -0.3 is 11.1 Å². The molecule has 1 saturated heterocycles. The fraction of sp³-hybridized carbons (Fsp3) is 0.667. The van der Waals surface area contributed by atoms with Crippen LogP contribution in [0.15, 0.2) is 12.4 Å². The summed E-state index contributed by atoms with van der Waals surface area (Å²) in [5.41, 5.74) is 7.22. The third-order valence-electron chi connectivity index (χ3n) is 3.31. The lowest BCUT2D eigenvalue weighted by atomic mass is 10.0. The average molecular weight is 251 g/mol. The van der Waals surface area contributed by atoms with Crippen LogP contribution >= 0.6 is 0 Å². The van der Waals surface area contributed by atoms with E-state index in [1.807, 2.05) is 26.4 Å². The molecule has 0 saturated carbocycles. The summed E-state index contributed by atoms with van der Waals surface area (Å²) in [5, 5.41) is 7.09. The fourth-order valence-corrected chi connectivity index (χ4v) is 2.50. The van der Waals surface area contributed by atoms with E-state index in [9.17, 15) is 4.79 Å². The predicted molar refractivity (Wildman–Crippen MR) is 68.8 cm³/mol. The molecule has 18 heavy (non-hydrogen) atoms. The van der Waals surface area contributed by atoms with Crippen LogP contribution in [0, 0.1) is 0 Å². The molecule has 6 heteroatoms. The number of aryl methyl sites for hydroxylation is 1. The van der Waals surface area contributed by atoms with Gasteiger partial charge in [-0.05, 0) is 6.92 Å². The second-order valence-electron chi connectivity index (χ2n) is 4.89. The number of aromatic nitrogens is 2. The van der Waals surface area contributed by atoms with E-state index in [1.165, 1.54) is 0 Å². The number of carbonyl (C=O) groups excluding carboxylic acids is 1. The number of nitrogens with two attached hydrogens (primary N) is 1. The Bertz CT molecular complexity index is 414. The first kappa shape index (κ1) is 13.0. The second kappa shape index (κ2) is 5.49. The van der Waals surface area contributed by atoms with Crippen LogP contribution in [-0.4, -0.2) is 46.3 Å². The summed E-state index contributed by atoms with van der Waals surface area (Å²) in [4.78, 5) is 13.6. The first-order valence-corrected chi connectivity index (χ1v) is 6.33. The maximum absolute atomic E-state index is 11.4. The molecule has 0 radical (unpaired) electrons. The zero-order valence-electron chi connectivity index (χ0n) is 11.0. The summed E-state index contributed by atoms with van der Waals surface area (Å²) in [5.74, 6) is 0.118. The summed E-state index contributed by atoms with van der Waals surface area (Å²) < 4.78 is 1.78. The minimum Gasteiger partial charge on any atom is -0.355 e. The Balaban J connectivity index is 2.17. The van der Waals surface area contributed by atoms with Crippen LogP contribution in [0.4, 0.5) is 0 Å². The van der Waals surface area contributed by atoms with Gasteiger partial charge in [0.2, 0.25) is 5.91 Å². The average Bonchev–Trinajstić information content (AvgIpc) is 2.60. The lowest BCUT2D eigenvalue weighted by Gasteiger charge is -2.32. The van der Waals surface area contributed by atoms with E-state index < -0.39 is 0 Å². The highest BCUT2D eigenvalue weighted by Crippen LogP contribution is 2.23. The number of nitrogens with one attached hydrogen (secondary N) is 1. The highest BCUT2D eigenvalue weighted by atomic mass is 16.1. The molecule has 1 amide bonds. The molecule has 6 nitrogen and oxygen atoms in total. The Morgan fingerprint density at radius 3 is 2.89 bits per heavy atom. The van der Waals surface area contributed by atoms with Crippen molar-refractivity contribution in [2.75, 3.05) is 19.6 Å². The maximum Gasteiger partial charge on any atom is 0.221 e. The monoisotopic (exact) mass is 251 g/mol. The maximum atomic E-state index is 11.4. The Kier molecular flexibility index (Phi) is 3.98. The quantitative estimate of drug-likeness (QED) is 0.768. The standard InChI is InChI=1S/C12H21N5O/c1-9(13)12(10-7-15-16(2)8-10)17-5-3-11(18)14-4-6-17/h7-9,12H,3-6,13H2,1-2H3,(H,14,18). The summed E-state index contributed by atoms with van der Waals surface area (Å²) in [7, 11) is 1.90. The van der Waals surface area contributed by atoms with Crippen LogP contribution in [0.5, 0.6) is 0 Å². The van der Waals surface area contributed by atoms with Crippen molar-refractivity contribution >= 4 is 5.91 Å². The van der Waals surface area contributed by atoms with Crippen molar-refractivity contribution in [2.45, 2.75) is 25.4 Å². The summed E-state index contributed by atoms with van der Waals surface area (Å²) in [6.07, 6.45) is 4.38. The molecule has 0 spiro atoms. The van der Waals surface area contributed by atoms with E-state index in [-0.39, 0.29) is 18.0 Å². The first-order chi connectivity index (χ1) is 8.58. The largest absolute Gasteiger partial charge is 0.355 e. The Morgan fingerprint density at radius 2 is 2.28 bits per heavy atom. The number of amides is 1. The van der Waals surface area contributed by atoms with E-state index in [2.05, 4.69) is 15.3 Å². The molecule has 2 atom stereocenters. The zero-order chi connectivity index (χ0) is 13.1. The predicted octanol–water partition coefficient (Wildman–Crippen LogP) is -0.370. The highest BCUT2D eigenvalue weighted by molar-refractivity contribution is 5.76. The molecule has 1 aliphatic heterocycles. The number of rotatable bonds is 3. The van der Waals surface area contributed by atoms with E-state index in [4.69, 9.17) is 5.73 Å². The molecular formula is C12H21N5O. The fourth-order valence-electron chi connectivity index (χ4n) is 2.50. The number of carbonyl (C=O) groups is 1. The molecule has 0 bridgehead atoms. The van der Waals surface area contributed by atoms with Crippen LogP contribution < -0.4 is 11.1 Å². The molecule has 1 aliphatic rings. The van der Waals surface area contributed by atoms with Gasteiger partial charge in [0.05, 0.1) is 12.2 Å². The van der Waals surface area contributed by atoms with Crippen molar-refractivity contribution in [3.05, 3.63) is 18.0 Å². The molecule has 2 rings (SSSR count). The zero-order valence-corrected chi connectivity index (χ0v) is 11.0. The van der Waals surface area contributed by atoms with Crippen molar-refractivity contribution in [3.8, 4) is 0 Å². The van der Waals surface area contributed by atoms with Gasteiger partial charge >= 0.3 is 0 Å². The smallest absolute Gasteiger partial charge is 0.221 e. The van der Waals surface area contributed by atoms with E-state index in [1.54, 1.807) is 4.68 Å². The summed E-state index contributed by atoms with van der Waals surface area (Å²) in [6.45, 7) is 4.25. The Morgan fingerprint density at radius 1 is 1.50 bits per heavy atom. The van der Waals surface area contributed by atoms with Crippen LogP contribution in [0.3, 0.4) is 0 Å². The number of hydrogen-bond acceptors (Lipinski definition) is 4.